The topological polar surface area (TPSA) is 77.8 Å². The lowest BCUT2D eigenvalue weighted by atomic mass is 10.1. The molecule has 1 aliphatic heterocycles. The molecule has 1 saturated heterocycles. The summed E-state index contributed by atoms with van der Waals surface area (Å²) >= 11 is 0. The molecule has 1 unspecified atom stereocenters. The van der Waals surface area contributed by atoms with Crippen LogP contribution in [-0.4, -0.2) is 45.7 Å². The molecular weight excluding hydrogens is 330 g/mol. The highest BCUT2D eigenvalue weighted by atomic mass is 16.4. The first-order valence-electron chi connectivity index (χ1n) is 9.47. The van der Waals surface area contributed by atoms with Gasteiger partial charge in [0.15, 0.2) is 0 Å². The lowest BCUT2D eigenvalue weighted by Crippen LogP contribution is -2.33. The molecular formula is C21H29NO4. The minimum Gasteiger partial charge on any atom is -0.478 e. The number of nitrogens with zero attached hydrogens (tertiary/aromatic N) is 1. The van der Waals surface area contributed by atoms with Crippen molar-refractivity contribution >= 4 is 11.9 Å². The Balaban J connectivity index is 1.85. The number of rotatable bonds is 10. The van der Waals surface area contributed by atoms with Gasteiger partial charge in [-0.05, 0) is 43.4 Å². The Hall–Kier alpha value is -2.14. The van der Waals surface area contributed by atoms with Gasteiger partial charge in [0.2, 0.25) is 5.91 Å². The Morgan fingerprint density at radius 2 is 2.08 bits per heavy atom. The van der Waals surface area contributed by atoms with Crippen molar-refractivity contribution in [2.45, 2.75) is 64.0 Å². The number of aliphatic hydroxyl groups is 1. The standard InChI is InChI=1S/C21H29NO4/c1-2-3-6-19(23)7-4-5-18-12-13-20(24)22(18)15-14-16-8-10-17(11-9-16)21(25)26/h4-5,8-11,18-19,23H,2-3,6-7,12-15H2,1H3,(H,25,26)/b5-4+/t18?,19-/m1/s1. The minimum atomic E-state index is -0.933. The highest BCUT2D eigenvalue weighted by Gasteiger charge is 2.28. The fourth-order valence-electron chi connectivity index (χ4n) is 3.26. The number of carboxylic acid groups (broad SMARTS) is 1. The number of amides is 1. The van der Waals surface area contributed by atoms with Crippen molar-refractivity contribution < 1.29 is 19.8 Å². The van der Waals surface area contributed by atoms with E-state index in [2.05, 4.69) is 6.92 Å². The lowest BCUT2D eigenvalue weighted by Gasteiger charge is -2.22. The number of unbranched alkanes of at least 4 members (excludes halogenated alkanes) is 1. The molecule has 1 aromatic rings. The van der Waals surface area contributed by atoms with Crippen molar-refractivity contribution in [3.63, 3.8) is 0 Å². The van der Waals surface area contributed by atoms with Gasteiger partial charge in [0, 0.05) is 13.0 Å². The highest BCUT2D eigenvalue weighted by Crippen LogP contribution is 2.21. The molecule has 0 aromatic heterocycles. The monoisotopic (exact) mass is 359 g/mol. The summed E-state index contributed by atoms with van der Waals surface area (Å²) < 4.78 is 0. The van der Waals surface area contributed by atoms with Crippen LogP contribution in [0.15, 0.2) is 36.4 Å². The Morgan fingerprint density at radius 1 is 1.35 bits per heavy atom. The third-order valence-corrected chi connectivity index (χ3v) is 4.87. The zero-order chi connectivity index (χ0) is 18.9. The van der Waals surface area contributed by atoms with E-state index in [4.69, 9.17) is 5.11 Å². The third-order valence-electron chi connectivity index (χ3n) is 4.87. The predicted molar refractivity (Wildman–Crippen MR) is 101 cm³/mol. The summed E-state index contributed by atoms with van der Waals surface area (Å²) in [7, 11) is 0. The Labute approximate surface area is 155 Å². The third kappa shape index (κ3) is 5.99. The van der Waals surface area contributed by atoms with Gasteiger partial charge in [0.05, 0.1) is 17.7 Å². The van der Waals surface area contributed by atoms with Gasteiger partial charge in [-0.2, -0.15) is 0 Å². The van der Waals surface area contributed by atoms with Gasteiger partial charge < -0.3 is 15.1 Å². The summed E-state index contributed by atoms with van der Waals surface area (Å²) in [5.41, 5.74) is 1.29. The molecule has 1 aliphatic rings. The van der Waals surface area contributed by atoms with E-state index < -0.39 is 5.97 Å². The number of carbonyl (C=O) groups is 2. The van der Waals surface area contributed by atoms with E-state index in [-0.39, 0.29) is 23.6 Å². The van der Waals surface area contributed by atoms with Gasteiger partial charge in [-0.15, -0.1) is 0 Å². The fraction of sp³-hybridized carbons (Fsp3) is 0.524. The van der Waals surface area contributed by atoms with E-state index in [1.807, 2.05) is 17.1 Å². The van der Waals surface area contributed by atoms with Gasteiger partial charge in [-0.3, -0.25) is 4.79 Å². The summed E-state index contributed by atoms with van der Waals surface area (Å²) in [4.78, 5) is 24.9. The van der Waals surface area contributed by atoms with E-state index >= 15 is 0 Å². The molecule has 2 rings (SSSR count). The summed E-state index contributed by atoms with van der Waals surface area (Å²) in [5, 5.41) is 18.9. The Morgan fingerprint density at radius 3 is 2.73 bits per heavy atom. The average molecular weight is 359 g/mol. The fourth-order valence-corrected chi connectivity index (χ4v) is 3.26. The van der Waals surface area contributed by atoms with Crippen molar-refractivity contribution in [2.24, 2.45) is 0 Å². The Bertz CT molecular complexity index is 623. The second-order valence-electron chi connectivity index (χ2n) is 6.91. The van der Waals surface area contributed by atoms with E-state index in [9.17, 15) is 14.7 Å². The smallest absolute Gasteiger partial charge is 0.335 e. The number of carboxylic acids is 1. The maximum atomic E-state index is 12.2. The number of hydrogen-bond donors (Lipinski definition) is 2. The molecule has 0 radical (unpaired) electrons. The van der Waals surface area contributed by atoms with Crippen LogP contribution in [0.3, 0.4) is 0 Å². The minimum absolute atomic E-state index is 0.0965. The van der Waals surface area contributed by atoms with Crippen molar-refractivity contribution in [1.82, 2.24) is 4.90 Å². The van der Waals surface area contributed by atoms with Crippen LogP contribution in [0.2, 0.25) is 0 Å². The Kier molecular flexibility index (Phi) is 7.85. The number of aliphatic hydroxyl groups excluding tert-OH is 1. The van der Waals surface area contributed by atoms with Crippen LogP contribution in [-0.2, 0) is 11.2 Å². The molecule has 0 spiro atoms. The molecule has 1 aromatic carbocycles. The van der Waals surface area contributed by atoms with Crippen LogP contribution < -0.4 is 0 Å². The second-order valence-corrected chi connectivity index (χ2v) is 6.91. The van der Waals surface area contributed by atoms with Crippen molar-refractivity contribution in [1.29, 1.82) is 0 Å². The molecule has 1 fully saturated rings. The largest absolute Gasteiger partial charge is 0.478 e. The molecule has 1 amide bonds. The molecule has 2 atom stereocenters. The predicted octanol–water partition coefficient (Wildman–Crippen LogP) is 3.42. The van der Waals surface area contributed by atoms with Crippen LogP contribution in [0.1, 0.15) is 61.4 Å². The van der Waals surface area contributed by atoms with E-state index in [1.54, 1.807) is 24.3 Å². The van der Waals surface area contributed by atoms with Gasteiger partial charge in [-0.25, -0.2) is 4.79 Å². The second kappa shape index (κ2) is 10.1. The molecule has 0 saturated carbocycles. The SMILES string of the molecule is CCCC[C@@H](O)C/C=C/C1CCC(=O)N1CCc1ccc(C(=O)O)cc1. The van der Waals surface area contributed by atoms with Gasteiger partial charge in [-0.1, -0.05) is 44.1 Å². The summed E-state index contributed by atoms with van der Waals surface area (Å²) in [6.45, 7) is 2.73. The number of aromatic carboxylic acids is 1. The number of benzene rings is 1. The van der Waals surface area contributed by atoms with Crippen molar-refractivity contribution in [3.8, 4) is 0 Å². The quantitative estimate of drug-likeness (QED) is 0.628. The first kappa shape index (κ1) is 20.2. The first-order valence-corrected chi connectivity index (χ1v) is 9.47. The average Bonchev–Trinajstić information content (AvgIpc) is 2.98. The van der Waals surface area contributed by atoms with Crippen LogP contribution in [0.5, 0.6) is 0 Å². The van der Waals surface area contributed by atoms with Crippen molar-refractivity contribution in [2.75, 3.05) is 6.54 Å². The van der Waals surface area contributed by atoms with Crippen LogP contribution >= 0.6 is 0 Å². The maximum absolute atomic E-state index is 12.2. The number of hydrogen-bond acceptors (Lipinski definition) is 3. The van der Waals surface area contributed by atoms with Gasteiger partial charge >= 0.3 is 5.97 Å². The van der Waals surface area contributed by atoms with E-state index in [0.717, 1.165) is 31.2 Å². The molecule has 2 N–H and O–H groups in total. The molecule has 0 aliphatic carbocycles. The molecule has 5 nitrogen and oxygen atoms in total. The van der Waals surface area contributed by atoms with Gasteiger partial charge in [0.1, 0.15) is 0 Å². The van der Waals surface area contributed by atoms with Crippen LogP contribution in [0, 0.1) is 0 Å². The van der Waals surface area contributed by atoms with E-state index in [0.29, 0.717) is 25.8 Å². The molecule has 1 heterocycles. The van der Waals surface area contributed by atoms with Crippen LogP contribution in [0.25, 0.3) is 0 Å². The van der Waals surface area contributed by atoms with E-state index in [1.165, 1.54) is 0 Å². The molecule has 142 valence electrons. The number of likely N-dealkylation sites (tertiary alicyclic amines) is 1. The first-order chi connectivity index (χ1) is 12.5. The molecule has 26 heavy (non-hydrogen) atoms. The summed E-state index contributed by atoms with van der Waals surface area (Å²) in [6.07, 6.45) is 9.40. The summed E-state index contributed by atoms with van der Waals surface area (Å²) in [6, 6.07) is 6.90. The zero-order valence-electron chi connectivity index (χ0n) is 15.4. The van der Waals surface area contributed by atoms with Crippen molar-refractivity contribution in [3.05, 3.63) is 47.5 Å². The normalized spacial score (nSPS) is 18.6. The van der Waals surface area contributed by atoms with Crippen LogP contribution in [0.4, 0.5) is 0 Å². The highest BCUT2D eigenvalue weighted by molar-refractivity contribution is 5.87. The molecule has 0 bridgehead atoms. The number of carbonyl (C=O) groups excluding carboxylic acids is 1. The molecule has 5 heteroatoms. The summed E-state index contributed by atoms with van der Waals surface area (Å²) in [5.74, 6) is -0.772. The zero-order valence-corrected chi connectivity index (χ0v) is 15.4. The van der Waals surface area contributed by atoms with Gasteiger partial charge in [0.25, 0.3) is 0 Å². The lowest BCUT2D eigenvalue weighted by molar-refractivity contribution is -0.128. The maximum Gasteiger partial charge on any atom is 0.335 e.